The number of carbonyl (C=O) groups excluding carboxylic acids is 4. The molecule has 2 bridgehead atoms. The van der Waals surface area contributed by atoms with Gasteiger partial charge in [0.1, 0.15) is 11.2 Å². The zero-order chi connectivity index (χ0) is 45.5. The normalized spacial score (nSPS) is 31.5. The molecule has 1 aliphatic carbocycles. The fourth-order valence-electron chi connectivity index (χ4n) is 13.3. The Bertz CT molecular complexity index is 2520. The van der Waals surface area contributed by atoms with Gasteiger partial charge in [0.25, 0.3) is 0 Å². The molecule has 2 aromatic carbocycles. The number of ketones is 1. The zero-order valence-electron chi connectivity index (χ0n) is 38.4. The van der Waals surface area contributed by atoms with Gasteiger partial charge in [0, 0.05) is 97.9 Å². The van der Waals surface area contributed by atoms with Gasteiger partial charge in [-0.2, -0.15) is 0 Å². The van der Waals surface area contributed by atoms with Crippen molar-refractivity contribution >= 4 is 46.4 Å². The van der Waals surface area contributed by atoms with Crippen LogP contribution in [0.1, 0.15) is 94.2 Å². The maximum atomic E-state index is 15.4. The van der Waals surface area contributed by atoms with Crippen LogP contribution < -0.4 is 9.64 Å². The molecule has 2 fully saturated rings. The highest BCUT2D eigenvalue weighted by atomic mass is 16.6. The second-order valence-electron chi connectivity index (χ2n) is 18.9. The average Bonchev–Trinajstić information content (AvgIpc) is 3.93. The Morgan fingerprint density at radius 1 is 0.984 bits per heavy atom. The van der Waals surface area contributed by atoms with E-state index in [0.717, 1.165) is 70.5 Å². The second-order valence-corrected chi connectivity index (χ2v) is 18.9. The largest absolute Gasteiger partial charge is 0.496 e. The number of likely N-dealkylation sites (N-methyl/N-ethyl adjacent to an activating group) is 1. The van der Waals surface area contributed by atoms with Crippen LogP contribution in [-0.4, -0.2) is 122 Å². The molecule has 1 saturated heterocycles. The van der Waals surface area contributed by atoms with Gasteiger partial charge in [-0.3, -0.25) is 24.2 Å². The summed E-state index contributed by atoms with van der Waals surface area (Å²) in [6.45, 7) is 11.0. The molecule has 9 atom stereocenters. The van der Waals surface area contributed by atoms with Crippen molar-refractivity contribution in [1.82, 2.24) is 14.8 Å². The van der Waals surface area contributed by atoms with E-state index in [0.29, 0.717) is 56.6 Å². The molecule has 2 unspecified atom stereocenters. The van der Waals surface area contributed by atoms with Gasteiger partial charge in [-0.05, 0) is 85.5 Å². The third-order valence-electron chi connectivity index (χ3n) is 15.7. The van der Waals surface area contributed by atoms with E-state index in [2.05, 4.69) is 52.9 Å². The molecule has 0 amide bonds. The van der Waals surface area contributed by atoms with Crippen LogP contribution in [0.15, 0.2) is 59.7 Å². The van der Waals surface area contributed by atoms with Gasteiger partial charge in [-0.25, -0.2) is 4.79 Å². The molecule has 64 heavy (non-hydrogen) atoms. The molecule has 3 aromatic rings. The Morgan fingerprint density at radius 2 is 1.77 bits per heavy atom. The molecule has 340 valence electrons. The Labute approximate surface area is 375 Å². The van der Waals surface area contributed by atoms with Crippen LogP contribution in [-0.2, 0) is 50.8 Å². The summed E-state index contributed by atoms with van der Waals surface area (Å²) < 4.78 is 24.0. The third kappa shape index (κ3) is 6.27. The smallest absolute Gasteiger partial charge is 0.344 e. The molecular formula is C51H62N4O9. The number of carbonyl (C=O) groups is 4. The first-order valence-electron chi connectivity index (χ1n) is 23.0. The summed E-state index contributed by atoms with van der Waals surface area (Å²) in [5.41, 5.74) is 3.44. The minimum absolute atomic E-state index is 0.0255. The second kappa shape index (κ2) is 16.3. The molecule has 9 rings (SSSR count). The number of allylic oxidation sites excluding steroid dienone is 1. The highest BCUT2D eigenvalue weighted by Gasteiger charge is 2.77. The minimum Gasteiger partial charge on any atom is -0.496 e. The number of aliphatic hydroxyl groups is 1. The first-order chi connectivity index (χ1) is 30.7. The van der Waals surface area contributed by atoms with Crippen molar-refractivity contribution in [2.45, 2.75) is 107 Å². The lowest BCUT2D eigenvalue weighted by molar-refractivity contribution is -0.212. The van der Waals surface area contributed by atoms with Crippen molar-refractivity contribution < 1.29 is 43.2 Å². The molecule has 6 heterocycles. The summed E-state index contributed by atoms with van der Waals surface area (Å²) in [5.74, 6) is -1.92. The van der Waals surface area contributed by atoms with Crippen LogP contribution in [0.25, 0.3) is 17.0 Å². The quantitative estimate of drug-likeness (QED) is 0.0987. The van der Waals surface area contributed by atoms with E-state index in [1.54, 1.807) is 13.2 Å². The summed E-state index contributed by atoms with van der Waals surface area (Å²) in [5, 5.41) is 14.3. The van der Waals surface area contributed by atoms with Gasteiger partial charge in [0.2, 0.25) is 5.60 Å². The summed E-state index contributed by atoms with van der Waals surface area (Å²) in [7, 11) is 6.18. The number of methoxy groups -OCH3 is 3. The average molecular weight is 875 g/mol. The van der Waals surface area contributed by atoms with E-state index in [-0.39, 0.29) is 17.7 Å². The number of esters is 3. The van der Waals surface area contributed by atoms with E-state index in [9.17, 15) is 19.5 Å². The molecule has 1 spiro atoms. The monoisotopic (exact) mass is 874 g/mol. The van der Waals surface area contributed by atoms with Crippen LogP contribution in [0.4, 0.5) is 5.69 Å². The number of hydrogen-bond acceptors (Lipinski definition) is 12. The summed E-state index contributed by atoms with van der Waals surface area (Å²) in [6, 6.07) is 8.99. The SMILES string of the molecule is CCCC(=O)/C=C/c1ccc2[nH]c3c(c2c1)CN1CC(CC)=C[C@@H](C1)C[C@]3(C(=O)OC)c1cc2c(cc1OC)N(C)[C@H]1[C@@](O)(C(=O)OC)[C@H](OC(C)=O)C3C(CC)=CCN4CC[C@]21[C@H]34. The zero-order valence-corrected chi connectivity index (χ0v) is 38.4. The molecule has 1 aromatic heterocycles. The molecule has 2 N–H and O–H groups in total. The van der Waals surface area contributed by atoms with Crippen molar-refractivity contribution in [3.63, 3.8) is 0 Å². The Morgan fingerprint density at radius 3 is 2.45 bits per heavy atom. The van der Waals surface area contributed by atoms with Crippen LogP contribution in [0.2, 0.25) is 0 Å². The fourth-order valence-corrected chi connectivity index (χ4v) is 13.3. The minimum atomic E-state index is -2.28. The highest BCUT2D eigenvalue weighted by molar-refractivity contribution is 5.97. The number of H-pyrrole nitrogens is 1. The predicted molar refractivity (Wildman–Crippen MR) is 243 cm³/mol. The number of nitrogens with zero attached hydrogens (tertiary/aromatic N) is 3. The van der Waals surface area contributed by atoms with E-state index < -0.39 is 52.4 Å². The number of aromatic amines is 1. The van der Waals surface area contributed by atoms with Gasteiger partial charge in [0.05, 0.1) is 27.4 Å². The number of benzene rings is 2. The van der Waals surface area contributed by atoms with Gasteiger partial charge >= 0.3 is 17.9 Å². The van der Waals surface area contributed by atoms with E-state index in [1.165, 1.54) is 26.7 Å². The van der Waals surface area contributed by atoms with Gasteiger partial charge in [-0.15, -0.1) is 0 Å². The number of fused-ring (bicyclic) bond motifs is 6. The maximum absolute atomic E-state index is 15.4. The van der Waals surface area contributed by atoms with Crippen LogP contribution >= 0.6 is 0 Å². The Balaban J connectivity index is 1.33. The van der Waals surface area contributed by atoms with Crippen LogP contribution in [0.5, 0.6) is 5.75 Å². The number of aromatic nitrogens is 1. The molecule has 1 saturated carbocycles. The van der Waals surface area contributed by atoms with E-state index in [4.69, 9.17) is 18.9 Å². The molecule has 13 nitrogen and oxygen atoms in total. The van der Waals surface area contributed by atoms with E-state index in [1.807, 2.05) is 43.1 Å². The maximum Gasteiger partial charge on any atom is 0.344 e. The molecule has 6 aliphatic rings. The number of hydrogen-bond donors (Lipinski definition) is 2. The van der Waals surface area contributed by atoms with Crippen molar-refractivity contribution in [3.05, 3.63) is 87.7 Å². The lowest BCUT2D eigenvalue weighted by Gasteiger charge is -2.59. The van der Waals surface area contributed by atoms with Gasteiger partial charge < -0.3 is 33.9 Å². The number of rotatable bonds is 11. The van der Waals surface area contributed by atoms with Gasteiger partial charge in [-0.1, -0.05) is 56.2 Å². The van der Waals surface area contributed by atoms with Gasteiger partial charge in [0.15, 0.2) is 11.9 Å². The van der Waals surface area contributed by atoms with Crippen LogP contribution in [0.3, 0.4) is 0 Å². The number of anilines is 1. The molecule has 13 heteroatoms. The molecule has 5 aliphatic heterocycles. The highest BCUT2D eigenvalue weighted by Crippen LogP contribution is 2.65. The Kier molecular flexibility index (Phi) is 11.2. The van der Waals surface area contributed by atoms with Crippen molar-refractivity contribution in [1.29, 1.82) is 0 Å². The molecular weight excluding hydrogens is 813 g/mol. The third-order valence-corrected chi connectivity index (χ3v) is 15.7. The fraction of sp³-hybridized carbons (Fsp3) is 0.529. The first-order valence-corrected chi connectivity index (χ1v) is 23.0. The molecule has 0 radical (unpaired) electrons. The first kappa shape index (κ1) is 44.0. The topological polar surface area (TPSA) is 151 Å². The van der Waals surface area contributed by atoms with Crippen molar-refractivity contribution in [2.24, 2.45) is 11.8 Å². The number of nitrogens with one attached hydrogen (secondary N) is 1. The lowest BCUT2D eigenvalue weighted by Crippen LogP contribution is -2.78. The summed E-state index contributed by atoms with van der Waals surface area (Å²) in [6.07, 6.45) is 10.5. The summed E-state index contributed by atoms with van der Waals surface area (Å²) >= 11 is 0. The lowest BCUT2D eigenvalue weighted by atomic mass is 9.52. The van der Waals surface area contributed by atoms with Crippen molar-refractivity contribution in [3.8, 4) is 5.75 Å². The van der Waals surface area contributed by atoms with Crippen LogP contribution in [0, 0.1) is 11.8 Å². The van der Waals surface area contributed by atoms with Crippen molar-refractivity contribution in [2.75, 3.05) is 59.5 Å². The predicted octanol–water partition coefficient (Wildman–Crippen LogP) is 6.14. The standard InChI is InChI=1S/C51H62N4O9/c1-9-12-34(57)15-13-31-14-16-39-35(22-31)36-28-54-26-30(10-2)21-32(27-54)25-50(43(36)52-39,47(58)62-7)38-23-37-40(24-41(38)61-6)53(5)46-49(37)18-20-55-19-17-33(11-3)42(44(49)55)45(64-29(4)56)51(46,60)48(59)63-8/h13-17,21-24,32,42,44-46,52,60H,9-12,18-20,25-28H2,1-8H3/b15-13+/t32-,42?,44+,45-,46-,49-,50+,51-/m1/s1. The number of ether oxygens (including phenoxy) is 4. The Hall–Kier alpha value is -5.24. The summed E-state index contributed by atoms with van der Waals surface area (Å²) in [4.78, 5) is 66.0. The van der Waals surface area contributed by atoms with E-state index >= 15 is 4.79 Å².